The minimum Gasteiger partial charge on any atom is -0.368 e. The van der Waals surface area contributed by atoms with Crippen molar-refractivity contribution in [1.82, 2.24) is 24.9 Å². The number of nitrogens with one attached hydrogen (secondary N) is 4. The van der Waals surface area contributed by atoms with E-state index in [-0.39, 0.29) is 11.6 Å². The van der Waals surface area contributed by atoms with Gasteiger partial charge in [-0.2, -0.15) is 5.10 Å². The number of nitrogens with zero attached hydrogens (tertiary/aromatic N) is 4. The zero-order valence-corrected chi connectivity index (χ0v) is 19.0. The standard InChI is InChI=1S/C23H27FN8O/c1-12-8-31(9-13(2)25-12)17-6-19(27-15(4)33)21-20(7-17)29-30-22(21)28-16-5-18(24)23-26-14(3)10-32(23)11-16/h5-7,10-13,25H,8-9H2,1-4H3,(H,27,33)(H2,28,29,30)/t12-,13-/m1/s1. The van der Waals surface area contributed by atoms with Crippen LogP contribution in [0.4, 0.5) is 27.3 Å². The first-order chi connectivity index (χ1) is 15.8. The molecule has 5 rings (SSSR count). The van der Waals surface area contributed by atoms with Gasteiger partial charge in [0.25, 0.3) is 0 Å². The molecule has 1 aromatic carbocycles. The molecular formula is C23H27FN8O. The van der Waals surface area contributed by atoms with Crippen molar-refractivity contribution in [3.63, 3.8) is 0 Å². The number of hydrogen-bond acceptors (Lipinski definition) is 6. The molecule has 0 spiro atoms. The van der Waals surface area contributed by atoms with E-state index in [1.165, 1.54) is 13.0 Å². The Morgan fingerprint density at radius 2 is 1.94 bits per heavy atom. The number of aromatic nitrogens is 4. The van der Waals surface area contributed by atoms with E-state index in [2.05, 4.69) is 49.9 Å². The third-order valence-electron chi connectivity index (χ3n) is 5.77. The number of H-pyrrole nitrogens is 1. The maximum absolute atomic E-state index is 14.6. The molecule has 1 aliphatic heterocycles. The number of carbonyl (C=O) groups excluding carboxylic acids is 1. The Hall–Kier alpha value is -3.66. The monoisotopic (exact) mass is 450 g/mol. The van der Waals surface area contributed by atoms with Gasteiger partial charge >= 0.3 is 0 Å². The molecular weight excluding hydrogens is 423 g/mol. The number of anilines is 4. The van der Waals surface area contributed by atoms with Gasteiger partial charge in [0.1, 0.15) is 0 Å². The Morgan fingerprint density at radius 1 is 1.18 bits per heavy atom. The lowest BCUT2D eigenvalue weighted by molar-refractivity contribution is -0.114. The molecule has 0 aliphatic carbocycles. The summed E-state index contributed by atoms with van der Waals surface area (Å²) >= 11 is 0. The molecule has 1 aliphatic rings. The first kappa shape index (κ1) is 21.2. The fourth-order valence-electron chi connectivity index (χ4n) is 4.63. The van der Waals surface area contributed by atoms with E-state index < -0.39 is 5.82 Å². The quantitative estimate of drug-likeness (QED) is 0.379. The molecule has 3 aromatic heterocycles. The molecule has 172 valence electrons. The molecule has 1 saturated heterocycles. The van der Waals surface area contributed by atoms with Gasteiger partial charge < -0.3 is 25.3 Å². The highest BCUT2D eigenvalue weighted by atomic mass is 19.1. The summed E-state index contributed by atoms with van der Waals surface area (Å²) in [6.07, 6.45) is 3.52. The normalized spacial score (nSPS) is 18.8. The number of imidazole rings is 1. The SMILES string of the molecule is CC(=O)Nc1cc(N2C[C@@H](C)N[C@H](C)C2)cc2[nH]nc(Nc3cc(F)c4nc(C)cn4c3)c12. The average molecular weight is 451 g/mol. The van der Waals surface area contributed by atoms with Crippen LogP contribution in [0.15, 0.2) is 30.6 Å². The Morgan fingerprint density at radius 3 is 2.67 bits per heavy atom. The minimum atomic E-state index is -0.431. The van der Waals surface area contributed by atoms with Crippen LogP contribution in [0, 0.1) is 12.7 Å². The van der Waals surface area contributed by atoms with Crippen molar-refractivity contribution in [1.29, 1.82) is 0 Å². The molecule has 0 unspecified atom stereocenters. The average Bonchev–Trinajstić information content (AvgIpc) is 3.30. The van der Waals surface area contributed by atoms with E-state index in [4.69, 9.17) is 0 Å². The third-order valence-corrected chi connectivity index (χ3v) is 5.77. The summed E-state index contributed by atoms with van der Waals surface area (Å²) < 4.78 is 16.2. The number of hydrogen-bond donors (Lipinski definition) is 4. The van der Waals surface area contributed by atoms with Gasteiger partial charge in [0.15, 0.2) is 17.3 Å². The summed E-state index contributed by atoms with van der Waals surface area (Å²) in [5.41, 5.74) is 3.94. The summed E-state index contributed by atoms with van der Waals surface area (Å²) in [7, 11) is 0. The summed E-state index contributed by atoms with van der Waals surface area (Å²) in [5, 5.41) is 17.9. The molecule has 1 amide bonds. The van der Waals surface area contributed by atoms with Crippen LogP contribution >= 0.6 is 0 Å². The Bertz CT molecular complexity index is 1350. The second kappa shape index (κ2) is 8.04. The van der Waals surface area contributed by atoms with E-state index in [0.29, 0.717) is 29.3 Å². The minimum absolute atomic E-state index is 0.177. The van der Waals surface area contributed by atoms with Gasteiger partial charge in [0.05, 0.1) is 28.0 Å². The molecule has 4 aromatic rings. The third kappa shape index (κ3) is 4.09. The van der Waals surface area contributed by atoms with Crippen LogP contribution in [0.25, 0.3) is 16.6 Å². The van der Waals surface area contributed by atoms with Crippen molar-refractivity contribution in [2.45, 2.75) is 39.8 Å². The van der Waals surface area contributed by atoms with Crippen LogP contribution in [-0.2, 0) is 4.79 Å². The lowest BCUT2D eigenvalue weighted by Gasteiger charge is -2.37. The zero-order valence-electron chi connectivity index (χ0n) is 19.0. The Balaban J connectivity index is 1.56. The number of rotatable bonds is 4. The van der Waals surface area contributed by atoms with Crippen LogP contribution in [0.3, 0.4) is 0 Å². The van der Waals surface area contributed by atoms with Crippen molar-refractivity contribution in [2.24, 2.45) is 0 Å². The number of carbonyl (C=O) groups is 1. The van der Waals surface area contributed by atoms with Gasteiger partial charge in [0.2, 0.25) is 5.91 Å². The van der Waals surface area contributed by atoms with E-state index in [9.17, 15) is 9.18 Å². The predicted molar refractivity (Wildman–Crippen MR) is 128 cm³/mol. The lowest BCUT2D eigenvalue weighted by atomic mass is 10.1. The molecule has 10 heteroatoms. The zero-order chi connectivity index (χ0) is 23.3. The number of aryl methyl sites for hydroxylation is 1. The second-order valence-corrected chi connectivity index (χ2v) is 8.86. The molecule has 0 saturated carbocycles. The topological polar surface area (TPSA) is 102 Å². The highest BCUT2D eigenvalue weighted by molar-refractivity contribution is 6.07. The molecule has 0 radical (unpaired) electrons. The molecule has 4 N–H and O–H groups in total. The number of aromatic amines is 1. The summed E-state index contributed by atoms with van der Waals surface area (Å²) in [6, 6.07) is 6.09. The summed E-state index contributed by atoms with van der Waals surface area (Å²) in [6.45, 7) is 9.33. The van der Waals surface area contributed by atoms with Crippen LogP contribution in [0.2, 0.25) is 0 Å². The Kier molecular flexibility index (Phi) is 5.16. The molecule has 4 heterocycles. The number of pyridine rings is 1. The van der Waals surface area contributed by atoms with Gasteiger partial charge in [-0.05, 0) is 32.9 Å². The van der Waals surface area contributed by atoms with Crippen molar-refractivity contribution in [2.75, 3.05) is 28.6 Å². The number of benzene rings is 1. The summed E-state index contributed by atoms with van der Waals surface area (Å²) in [5.74, 6) is -0.110. The van der Waals surface area contributed by atoms with E-state index in [0.717, 1.165) is 35.4 Å². The number of amides is 1. The van der Waals surface area contributed by atoms with Gasteiger partial charge in [-0.15, -0.1) is 0 Å². The van der Waals surface area contributed by atoms with E-state index in [1.54, 1.807) is 16.8 Å². The fraction of sp³-hybridized carbons (Fsp3) is 0.348. The first-order valence-electron chi connectivity index (χ1n) is 11.0. The van der Waals surface area contributed by atoms with Crippen LogP contribution in [0.5, 0.6) is 0 Å². The van der Waals surface area contributed by atoms with Gasteiger partial charge in [-0.1, -0.05) is 0 Å². The van der Waals surface area contributed by atoms with Crippen molar-refractivity contribution in [3.05, 3.63) is 42.1 Å². The number of halogens is 1. The molecule has 2 atom stereocenters. The second-order valence-electron chi connectivity index (χ2n) is 8.86. The van der Waals surface area contributed by atoms with Crippen LogP contribution in [-0.4, -0.2) is 50.7 Å². The van der Waals surface area contributed by atoms with E-state index in [1.807, 2.05) is 19.1 Å². The van der Waals surface area contributed by atoms with Crippen LogP contribution in [0.1, 0.15) is 26.5 Å². The fourth-order valence-corrected chi connectivity index (χ4v) is 4.63. The molecule has 1 fully saturated rings. The smallest absolute Gasteiger partial charge is 0.221 e. The largest absolute Gasteiger partial charge is 0.368 e. The highest BCUT2D eigenvalue weighted by Crippen LogP contribution is 2.35. The van der Waals surface area contributed by atoms with E-state index >= 15 is 0 Å². The van der Waals surface area contributed by atoms with Crippen LogP contribution < -0.4 is 20.9 Å². The number of piperazine rings is 1. The highest BCUT2D eigenvalue weighted by Gasteiger charge is 2.23. The molecule has 9 nitrogen and oxygen atoms in total. The summed E-state index contributed by atoms with van der Waals surface area (Å²) in [4.78, 5) is 18.5. The number of fused-ring (bicyclic) bond motifs is 2. The van der Waals surface area contributed by atoms with Crippen molar-refractivity contribution < 1.29 is 9.18 Å². The maximum Gasteiger partial charge on any atom is 0.221 e. The first-order valence-corrected chi connectivity index (χ1v) is 11.0. The van der Waals surface area contributed by atoms with Crippen molar-refractivity contribution >= 4 is 45.3 Å². The molecule has 0 bridgehead atoms. The van der Waals surface area contributed by atoms with Gasteiger partial charge in [-0.3, -0.25) is 9.89 Å². The van der Waals surface area contributed by atoms with Gasteiger partial charge in [-0.25, -0.2) is 9.37 Å². The predicted octanol–water partition coefficient (Wildman–Crippen LogP) is 3.55. The molecule has 33 heavy (non-hydrogen) atoms. The maximum atomic E-state index is 14.6. The van der Waals surface area contributed by atoms with Crippen molar-refractivity contribution in [3.8, 4) is 0 Å². The lowest BCUT2D eigenvalue weighted by Crippen LogP contribution is -2.54. The Labute approximate surface area is 190 Å². The van der Waals surface area contributed by atoms with Gasteiger partial charge in [0, 0.05) is 56.2 Å².